The molecule has 0 saturated heterocycles. The van der Waals surface area contributed by atoms with Crippen LogP contribution in [0.1, 0.15) is 265 Å². The van der Waals surface area contributed by atoms with Crippen LogP contribution in [0.25, 0.3) is 0 Å². The van der Waals surface area contributed by atoms with Crippen LogP contribution in [0, 0.1) is 0 Å². The van der Waals surface area contributed by atoms with Crippen molar-refractivity contribution in [3.8, 4) is 0 Å². The van der Waals surface area contributed by atoms with Gasteiger partial charge in [0.25, 0.3) is 0 Å². The molecule has 6 nitrogen and oxygen atoms in total. The van der Waals surface area contributed by atoms with E-state index in [0.29, 0.717) is 19.3 Å². The Morgan fingerprint density at radius 2 is 0.537 bits per heavy atom. The fourth-order valence-electron chi connectivity index (χ4n) is 7.57. The summed E-state index contributed by atoms with van der Waals surface area (Å²) in [6.45, 7) is 6.53. The lowest BCUT2D eigenvalue weighted by Crippen LogP contribution is -2.30. The minimum atomic E-state index is -0.804. The minimum absolute atomic E-state index is 0.102. The first-order valence-corrected chi connectivity index (χ1v) is 28.1. The third kappa shape index (κ3) is 53.4. The van der Waals surface area contributed by atoms with Gasteiger partial charge in [0.15, 0.2) is 6.10 Å². The van der Waals surface area contributed by atoms with Gasteiger partial charge in [0.05, 0.1) is 0 Å². The van der Waals surface area contributed by atoms with Gasteiger partial charge in [-0.1, -0.05) is 209 Å². The number of hydrogen-bond acceptors (Lipinski definition) is 6. The molecule has 0 fully saturated rings. The Bertz CT molecular complexity index is 1300. The smallest absolute Gasteiger partial charge is 0.306 e. The predicted octanol–water partition coefficient (Wildman–Crippen LogP) is 18.8. The van der Waals surface area contributed by atoms with Gasteiger partial charge in [-0.3, -0.25) is 14.4 Å². The van der Waals surface area contributed by atoms with E-state index in [2.05, 4.69) is 106 Å². The molecule has 384 valence electrons. The zero-order chi connectivity index (χ0) is 48.6. The van der Waals surface area contributed by atoms with E-state index in [1.807, 2.05) is 0 Å². The second-order valence-electron chi connectivity index (χ2n) is 18.5. The van der Waals surface area contributed by atoms with E-state index < -0.39 is 6.10 Å². The lowest BCUT2D eigenvalue weighted by Gasteiger charge is -2.18. The van der Waals surface area contributed by atoms with E-state index in [0.717, 1.165) is 96.3 Å². The summed E-state index contributed by atoms with van der Waals surface area (Å²) in [6.07, 6.45) is 71.4. The van der Waals surface area contributed by atoms with E-state index in [1.54, 1.807) is 0 Å². The number of allylic oxidation sites excluding steroid dienone is 14. The van der Waals surface area contributed by atoms with Crippen molar-refractivity contribution < 1.29 is 28.6 Å². The standard InChI is InChI=1S/C61H104O6/c1-4-7-10-13-16-19-22-25-28-30-33-36-39-42-45-48-51-54-60(63)66-57-58(56-65-59(62)53-50-47-44-41-38-35-32-27-24-21-18-15-12-9-6-3)67-61(64)55-52-49-46-43-40-37-34-31-29-26-23-20-17-14-11-8-5-2/h16,18-19,21,25-29,32-33,36,38,41,58H,4-15,17,20,22-24,30-31,34-35,37,39-40,42-57H2,1-3H3/b19-16-,21-18-,28-25-,29-26-,32-27-,36-33-,41-38-/t58-/m1/s1. The van der Waals surface area contributed by atoms with Gasteiger partial charge in [-0.25, -0.2) is 0 Å². The highest BCUT2D eigenvalue weighted by Gasteiger charge is 2.19. The molecule has 0 saturated carbocycles. The summed E-state index contributed by atoms with van der Waals surface area (Å²) >= 11 is 0. The van der Waals surface area contributed by atoms with E-state index in [9.17, 15) is 14.4 Å². The molecular weight excluding hydrogens is 829 g/mol. The van der Waals surface area contributed by atoms with E-state index in [4.69, 9.17) is 14.2 Å². The van der Waals surface area contributed by atoms with Crippen molar-refractivity contribution in [1.82, 2.24) is 0 Å². The van der Waals surface area contributed by atoms with Gasteiger partial charge in [0, 0.05) is 19.3 Å². The first-order valence-electron chi connectivity index (χ1n) is 28.1. The molecular formula is C61H104O6. The lowest BCUT2D eigenvalue weighted by atomic mass is 10.1. The molecule has 0 spiro atoms. The van der Waals surface area contributed by atoms with Crippen LogP contribution >= 0.6 is 0 Å². The third-order valence-electron chi connectivity index (χ3n) is 11.8. The highest BCUT2D eigenvalue weighted by molar-refractivity contribution is 5.71. The van der Waals surface area contributed by atoms with Crippen molar-refractivity contribution >= 4 is 17.9 Å². The third-order valence-corrected chi connectivity index (χ3v) is 11.8. The SMILES string of the molecule is CCCCC/C=C\C/C=C\C/C=C\CCCCCCC(=O)OC[C@@H](COC(=O)CCCC/C=C\C/C=C\C/C=C\CCCCC)OC(=O)CCCCCCCCC/C=C\CCCCCCCC. The highest BCUT2D eigenvalue weighted by Crippen LogP contribution is 2.14. The number of carbonyl (C=O) groups excluding carboxylic acids is 3. The van der Waals surface area contributed by atoms with Crippen molar-refractivity contribution in [2.24, 2.45) is 0 Å². The summed E-state index contributed by atoms with van der Waals surface area (Å²) in [6, 6.07) is 0. The topological polar surface area (TPSA) is 78.9 Å². The second kappa shape index (κ2) is 55.2. The molecule has 0 aromatic heterocycles. The summed E-state index contributed by atoms with van der Waals surface area (Å²) < 4.78 is 16.8. The Morgan fingerprint density at radius 1 is 0.299 bits per heavy atom. The van der Waals surface area contributed by atoms with Gasteiger partial charge in [0.1, 0.15) is 13.2 Å². The van der Waals surface area contributed by atoms with Gasteiger partial charge in [-0.05, 0) is 122 Å². The molecule has 0 aromatic rings. The average Bonchev–Trinajstić information content (AvgIpc) is 3.33. The fraction of sp³-hybridized carbons (Fsp3) is 0.721. The summed E-state index contributed by atoms with van der Waals surface area (Å²) in [5.41, 5.74) is 0. The molecule has 0 N–H and O–H groups in total. The number of esters is 3. The molecule has 0 aliphatic carbocycles. The number of rotatable bonds is 50. The molecule has 0 unspecified atom stereocenters. The van der Waals surface area contributed by atoms with Crippen molar-refractivity contribution in [2.45, 2.75) is 271 Å². The Kier molecular flexibility index (Phi) is 52.4. The maximum atomic E-state index is 12.8. The van der Waals surface area contributed by atoms with Gasteiger partial charge in [0.2, 0.25) is 0 Å². The van der Waals surface area contributed by atoms with Crippen LogP contribution in [0.15, 0.2) is 85.1 Å². The molecule has 1 atom stereocenters. The van der Waals surface area contributed by atoms with Gasteiger partial charge in [-0.15, -0.1) is 0 Å². The summed E-state index contributed by atoms with van der Waals surface area (Å²) in [5, 5.41) is 0. The van der Waals surface area contributed by atoms with Crippen LogP contribution in [0.5, 0.6) is 0 Å². The summed E-state index contributed by atoms with van der Waals surface area (Å²) in [5.74, 6) is -0.962. The molecule has 0 amide bonds. The normalized spacial score (nSPS) is 12.7. The van der Waals surface area contributed by atoms with E-state index >= 15 is 0 Å². The average molecular weight is 933 g/mol. The van der Waals surface area contributed by atoms with Gasteiger partial charge in [-0.2, -0.15) is 0 Å². The Hall–Kier alpha value is -3.41. The molecule has 0 aliphatic heterocycles. The fourth-order valence-corrected chi connectivity index (χ4v) is 7.57. The number of carbonyl (C=O) groups is 3. The maximum Gasteiger partial charge on any atom is 0.306 e. The van der Waals surface area contributed by atoms with Crippen LogP contribution in [-0.2, 0) is 28.6 Å². The quantitative estimate of drug-likeness (QED) is 0.0262. The van der Waals surface area contributed by atoms with Crippen molar-refractivity contribution in [1.29, 1.82) is 0 Å². The highest BCUT2D eigenvalue weighted by atomic mass is 16.6. The van der Waals surface area contributed by atoms with E-state index in [1.165, 1.54) is 128 Å². The first-order chi connectivity index (χ1) is 33.0. The van der Waals surface area contributed by atoms with Crippen LogP contribution in [0.3, 0.4) is 0 Å². The maximum absolute atomic E-state index is 12.8. The minimum Gasteiger partial charge on any atom is -0.462 e. The van der Waals surface area contributed by atoms with E-state index in [-0.39, 0.29) is 31.1 Å². The molecule has 0 aromatic carbocycles. The predicted molar refractivity (Wildman–Crippen MR) is 288 cm³/mol. The van der Waals surface area contributed by atoms with Gasteiger partial charge < -0.3 is 14.2 Å². The van der Waals surface area contributed by atoms with Crippen LogP contribution in [0.2, 0.25) is 0 Å². The molecule has 6 heteroatoms. The Morgan fingerprint density at radius 3 is 0.910 bits per heavy atom. The summed E-state index contributed by atoms with van der Waals surface area (Å²) in [7, 11) is 0. The number of ether oxygens (including phenoxy) is 3. The summed E-state index contributed by atoms with van der Waals surface area (Å²) in [4.78, 5) is 38.1. The Balaban J connectivity index is 4.49. The van der Waals surface area contributed by atoms with Crippen molar-refractivity contribution in [2.75, 3.05) is 13.2 Å². The molecule has 0 aliphatic rings. The molecule has 67 heavy (non-hydrogen) atoms. The van der Waals surface area contributed by atoms with Crippen molar-refractivity contribution in [3.05, 3.63) is 85.1 Å². The number of unbranched alkanes of at least 4 members (excludes halogenated alkanes) is 25. The molecule has 0 heterocycles. The van der Waals surface area contributed by atoms with Crippen LogP contribution in [-0.4, -0.2) is 37.2 Å². The monoisotopic (exact) mass is 933 g/mol. The first kappa shape index (κ1) is 63.6. The second-order valence-corrected chi connectivity index (χ2v) is 18.5. The largest absolute Gasteiger partial charge is 0.462 e. The molecule has 0 radical (unpaired) electrons. The number of hydrogen-bond donors (Lipinski definition) is 0. The zero-order valence-electron chi connectivity index (χ0n) is 43.9. The molecule has 0 bridgehead atoms. The van der Waals surface area contributed by atoms with Crippen LogP contribution in [0.4, 0.5) is 0 Å². The van der Waals surface area contributed by atoms with Crippen molar-refractivity contribution in [3.63, 3.8) is 0 Å². The molecule has 0 rings (SSSR count). The lowest BCUT2D eigenvalue weighted by molar-refractivity contribution is -0.167. The van der Waals surface area contributed by atoms with Crippen LogP contribution < -0.4 is 0 Å². The Labute approximate surface area is 414 Å². The van der Waals surface area contributed by atoms with Gasteiger partial charge >= 0.3 is 17.9 Å². The zero-order valence-corrected chi connectivity index (χ0v) is 43.9.